The van der Waals surface area contributed by atoms with Crippen molar-refractivity contribution >= 4 is 5.97 Å². The van der Waals surface area contributed by atoms with Gasteiger partial charge in [0.05, 0.1) is 7.11 Å². The molecule has 0 aliphatic carbocycles. The Kier molecular flexibility index (Phi) is 7.70. The van der Waals surface area contributed by atoms with E-state index >= 15 is 0 Å². The summed E-state index contributed by atoms with van der Waals surface area (Å²) in [5, 5.41) is 9.33. The van der Waals surface area contributed by atoms with Gasteiger partial charge < -0.3 is 14.7 Å². The van der Waals surface area contributed by atoms with Crippen molar-refractivity contribution in [1.29, 1.82) is 0 Å². The van der Waals surface area contributed by atoms with Gasteiger partial charge in [-0.3, -0.25) is 9.69 Å². The highest BCUT2D eigenvalue weighted by molar-refractivity contribution is 5.79. The van der Waals surface area contributed by atoms with Gasteiger partial charge in [0.15, 0.2) is 0 Å². The Hall–Kier alpha value is -1.59. The fraction of sp³-hybridized carbons (Fsp3) is 0.632. The Morgan fingerprint density at radius 2 is 1.83 bits per heavy atom. The van der Waals surface area contributed by atoms with Gasteiger partial charge in [-0.15, -0.1) is 0 Å². The van der Waals surface area contributed by atoms with Gasteiger partial charge in [-0.05, 0) is 56.9 Å². The minimum Gasteiger partial charge on any atom is -0.497 e. The number of carbonyl (C=O) groups is 1. The summed E-state index contributed by atoms with van der Waals surface area (Å²) >= 11 is 0. The lowest BCUT2D eigenvalue weighted by molar-refractivity contribution is -0.150. The number of hydrogen-bond acceptors (Lipinski definition) is 4. The molecule has 0 spiro atoms. The topological polar surface area (TPSA) is 53.0 Å². The molecule has 1 atom stereocenters. The van der Waals surface area contributed by atoms with Crippen LogP contribution in [-0.4, -0.2) is 60.2 Å². The third-order valence-corrected chi connectivity index (χ3v) is 5.00. The van der Waals surface area contributed by atoms with E-state index in [9.17, 15) is 9.90 Å². The van der Waals surface area contributed by atoms with E-state index in [1.165, 1.54) is 19.6 Å². The van der Waals surface area contributed by atoms with Gasteiger partial charge in [0.2, 0.25) is 0 Å². The molecule has 2 rings (SSSR count). The number of carboxylic acids is 1. The number of carboxylic acid groups (broad SMARTS) is 1. The van der Waals surface area contributed by atoms with Crippen LogP contribution in [0, 0.1) is 0 Å². The lowest BCUT2D eigenvalue weighted by Gasteiger charge is -2.40. The van der Waals surface area contributed by atoms with E-state index in [4.69, 9.17) is 4.74 Å². The molecular weight excluding hydrogens is 304 g/mol. The molecule has 1 aromatic rings. The zero-order chi connectivity index (χ0) is 18.3. The monoisotopic (exact) mass is 336 g/mol. The number of aliphatic carboxylic acids is 1. The maximum atomic E-state index is 11.4. The van der Waals surface area contributed by atoms with Gasteiger partial charge in [-0.25, -0.2) is 0 Å². The molecule has 1 aromatic carbocycles. The molecule has 0 bridgehead atoms. The molecule has 0 saturated heterocycles. The highest BCUT2D eigenvalue weighted by Gasteiger charge is 2.41. The van der Waals surface area contributed by atoms with Crippen LogP contribution in [-0.2, 0) is 17.8 Å². The van der Waals surface area contributed by atoms with E-state index in [1.807, 2.05) is 30.1 Å². The average molecular weight is 336 g/mol. The van der Waals surface area contributed by atoms with Crippen LogP contribution in [0.3, 0.4) is 0 Å². The fourth-order valence-corrected chi connectivity index (χ4v) is 2.89. The molecule has 0 fully saturated rings. The molecule has 136 valence electrons. The van der Waals surface area contributed by atoms with Crippen molar-refractivity contribution in [2.45, 2.75) is 46.2 Å². The van der Waals surface area contributed by atoms with Crippen LogP contribution in [0.25, 0.3) is 0 Å². The molecule has 24 heavy (non-hydrogen) atoms. The maximum Gasteiger partial charge on any atom is 0.324 e. The van der Waals surface area contributed by atoms with Gasteiger partial charge in [-0.1, -0.05) is 26.8 Å². The van der Waals surface area contributed by atoms with Crippen molar-refractivity contribution in [2.24, 2.45) is 0 Å². The fourth-order valence-electron chi connectivity index (χ4n) is 2.89. The van der Waals surface area contributed by atoms with Crippen molar-refractivity contribution in [3.8, 4) is 5.75 Å². The molecule has 1 heterocycles. The Morgan fingerprint density at radius 1 is 1.25 bits per heavy atom. The molecule has 5 heteroatoms. The lowest BCUT2D eigenvalue weighted by atomic mass is 9.84. The predicted molar refractivity (Wildman–Crippen MR) is 97.7 cm³/mol. The van der Waals surface area contributed by atoms with Crippen LogP contribution in [0.4, 0.5) is 0 Å². The van der Waals surface area contributed by atoms with Crippen LogP contribution in [0.5, 0.6) is 5.75 Å². The van der Waals surface area contributed by atoms with Crippen LogP contribution in [0.2, 0.25) is 0 Å². The van der Waals surface area contributed by atoms with Crippen molar-refractivity contribution in [1.82, 2.24) is 9.80 Å². The Morgan fingerprint density at radius 3 is 2.25 bits per heavy atom. The van der Waals surface area contributed by atoms with Gasteiger partial charge in [0.1, 0.15) is 11.3 Å². The van der Waals surface area contributed by atoms with Gasteiger partial charge in [0.25, 0.3) is 0 Å². The number of benzene rings is 1. The zero-order valence-electron chi connectivity index (χ0n) is 15.9. The molecule has 0 amide bonds. The predicted octanol–water partition coefficient (Wildman–Crippen LogP) is 2.87. The Bertz CT molecular complexity index is 538. The third kappa shape index (κ3) is 4.71. The van der Waals surface area contributed by atoms with E-state index in [0.29, 0.717) is 13.0 Å². The van der Waals surface area contributed by atoms with Crippen molar-refractivity contribution in [2.75, 3.05) is 33.8 Å². The van der Waals surface area contributed by atoms with E-state index in [2.05, 4.69) is 25.7 Å². The molecule has 0 saturated carbocycles. The quantitative estimate of drug-likeness (QED) is 0.896. The number of ether oxygens (including phenoxy) is 1. The van der Waals surface area contributed by atoms with Crippen LogP contribution in [0.15, 0.2) is 18.2 Å². The normalized spacial score (nSPS) is 20.1. The van der Waals surface area contributed by atoms with E-state index in [-0.39, 0.29) is 0 Å². The molecule has 0 radical (unpaired) electrons. The molecule has 0 unspecified atom stereocenters. The zero-order valence-corrected chi connectivity index (χ0v) is 15.9. The van der Waals surface area contributed by atoms with E-state index in [0.717, 1.165) is 16.9 Å². The molecule has 0 aromatic heterocycles. The third-order valence-electron chi connectivity index (χ3n) is 5.00. The molecule has 5 nitrogen and oxygen atoms in total. The van der Waals surface area contributed by atoms with Crippen LogP contribution < -0.4 is 4.74 Å². The van der Waals surface area contributed by atoms with E-state index < -0.39 is 11.5 Å². The number of rotatable bonds is 5. The smallest absolute Gasteiger partial charge is 0.324 e. The molecular formula is C19H32N2O3. The first kappa shape index (κ1) is 20.5. The Balaban J connectivity index is 0.000000351. The first-order chi connectivity index (χ1) is 11.3. The molecule has 1 aliphatic heterocycles. The number of nitrogens with zero attached hydrogens (tertiary/aromatic N) is 2. The summed E-state index contributed by atoms with van der Waals surface area (Å²) in [5.41, 5.74) is 1.42. The second-order valence-corrected chi connectivity index (χ2v) is 6.37. The van der Waals surface area contributed by atoms with E-state index in [1.54, 1.807) is 14.0 Å². The second kappa shape index (κ2) is 9.04. The van der Waals surface area contributed by atoms with Crippen LogP contribution in [0.1, 0.15) is 38.8 Å². The standard InChI is InChI=1S/C13H17NO3.C6H15N/c1-13(12(15)16)7-9-4-5-11(17-3)6-10(9)8-14(13)2;1-4-7(5-2)6-3/h4-6H,7-8H2,1-3H3,(H,15,16);4-6H2,1-3H3/t13-;/m1./s1. The number of likely N-dealkylation sites (N-methyl/N-ethyl adjacent to an activating group) is 1. The molecule has 1 aliphatic rings. The summed E-state index contributed by atoms with van der Waals surface area (Å²) in [6.45, 7) is 12.5. The summed E-state index contributed by atoms with van der Waals surface area (Å²) < 4.78 is 5.18. The van der Waals surface area contributed by atoms with Crippen molar-refractivity contribution < 1.29 is 14.6 Å². The maximum absolute atomic E-state index is 11.4. The molecule has 1 N–H and O–H groups in total. The van der Waals surface area contributed by atoms with Gasteiger partial charge in [0, 0.05) is 13.0 Å². The summed E-state index contributed by atoms with van der Waals surface area (Å²) in [4.78, 5) is 15.6. The van der Waals surface area contributed by atoms with Gasteiger partial charge >= 0.3 is 5.97 Å². The van der Waals surface area contributed by atoms with Crippen molar-refractivity contribution in [3.63, 3.8) is 0 Å². The summed E-state index contributed by atoms with van der Waals surface area (Å²) in [5.74, 6) is 0.0394. The average Bonchev–Trinajstić information content (AvgIpc) is 2.57. The number of hydrogen-bond donors (Lipinski definition) is 1. The number of fused-ring (bicyclic) bond motifs is 1. The first-order valence-electron chi connectivity index (χ1n) is 8.65. The van der Waals surface area contributed by atoms with Crippen molar-refractivity contribution in [3.05, 3.63) is 29.3 Å². The lowest BCUT2D eigenvalue weighted by Crippen LogP contribution is -2.54. The summed E-state index contributed by atoms with van der Waals surface area (Å²) in [6, 6.07) is 5.82. The largest absolute Gasteiger partial charge is 0.497 e. The highest BCUT2D eigenvalue weighted by atomic mass is 16.5. The number of methoxy groups -OCH3 is 1. The summed E-state index contributed by atoms with van der Waals surface area (Å²) in [7, 11) is 3.48. The van der Waals surface area contributed by atoms with Gasteiger partial charge in [-0.2, -0.15) is 0 Å². The first-order valence-corrected chi connectivity index (χ1v) is 8.65. The van der Waals surface area contributed by atoms with Crippen LogP contribution >= 0.6 is 0 Å². The SMILES string of the molecule is CCN(CC)CC.COc1ccc2c(c1)CN(C)[C@@](C)(C(=O)O)C2. The Labute approximate surface area is 146 Å². The minimum atomic E-state index is -0.818. The summed E-state index contributed by atoms with van der Waals surface area (Å²) in [6.07, 6.45) is 0.526. The highest BCUT2D eigenvalue weighted by Crippen LogP contribution is 2.31. The second-order valence-electron chi connectivity index (χ2n) is 6.37. The minimum absolute atomic E-state index is 0.526.